The Bertz CT molecular complexity index is 446. The van der Waals surface area contributed by atoms with Gasteiger partial charge in [-0.05, 0) is 25.1 Å². The number of methoxy groups -OCH3 is 1. The van der Waals surface area contributed by atoms with Gasteiger partial charge in [-0.3, -0.25) is 4.79 Å². The average molecular weight is 238 g/mol. The summed E-state index contributed by atoms with van der Waals surface area (Å²) in [4.78, 5) is 11.2. The summed E-state index contributed by atoms with van der Waals surface area (Å²) in [7, 11) is 1.58. The van der Waals surface area contributed by atoms with Crippen LogP contribution in [0, 0.1) is 11.8 Å². The Balaban J connectivity index is 3.06. The minimum absolute atomic E-state index is 0.0784. The van der Waals surface area contributed by atoms with E-state index in [-0.39, 0.29) is 11.8 Å². The number of hydrogen-bond acceptors (Lipinski definition) is 2. The molecule has 4 heteroatoms. The van der Waals surface area contributed by atoms with E-state index in [2.05, 4.69) is 17.2 Å². The van der Waals surface area contributed by atoms with Crippen LogP contribution in [0.2, 0.25) is 0 Å². The van der Waals surface area contributed by atoms with Crippen molar-refractivity contribution in [3.63, 3.8) is 0 Å². The van der Waals surface area contributed by atoms with E-state index in [9.17, 15) is 4.79 Å². The Morgan fingerprint density at radius 2 is 2.31 bits per heavy atom. The largest absolute Gasteiger partial charge is 0.497 e. The first-order valence-corrected chi connectivity index (χ1v) is 5.21. The lowest BCUT2D eigenvalue weighted by molar-refractivity contribution is -0.113. The highest BCUT2D eigenvalue weighted by atomic mass is 35.5. The lowest BCUT2D eigenvalue weighted by Crippen LogP contribution is -2.13. The van der Waals surface area contributed by atoms with Gasteiger partial charge in [-0.15, -0.1) is 17.5 Å². The molecule has 16 heavy (non-hydrogen) atoms. The molecule has 0 atom stereocenters. The van der Waals surface area contributed by atoms with Crippen molar-refractivity contribution < 1.29 is 9.53 Å². The molecular formula is C12H12ClNO2. The third-order valence-electron chi connectivity index (χ3n) is 1.88. The molecule has 84 valence electrons. The topological polar surface area (TPSA) is 38.3 Å². The molecule has 0 fully saturated rings. The second-order valence-electron chi connectivity index (χ2n) is 2.97. The number of alkyl halides is 1. The molecule has 1 rings (SSSR count). The Kier molecular flexibility index (Phi) is 4.68. The van der Waals surface area contributed by atoms with Gasteiger partial charge in [-0.25, -0.2) is 0 Å². The van der Waals surface area contributed by atoms with Gasteiger partial charge in [0.05, 0.1) is 18.4 Å². The van der Waals surface area contributed by atoms with Crippen LogP contribution >= 0.6 is 11.6 Å². The highest BCUT2D eigenvalue weighted by Gasteiger charge is 2.05. The lowest BCUT2D eigenvalue weighted by Gasteiger charge is -2.07. The van der Waals surface area contributed by atoms with Crippen molar-refractivity contribution in [1.82, 2.24) is 0 Å². The van der Waals surface area contributed by atoms with Crippen LogP contribution in [0.25, 0.3) is 0 Å². The fourth-order valence-electron chi connectivity index (χ4n) is 1.18. The molecule has 0 radical (unpaired) electrons. The number of halogens is 1. The molecule has 0 heterocycles. The lowest BCUT2D eigenvalue weighted by atomic mass is 10.1. The summed E-state index contributed by atoms with van der Waals surface area (Å²) >= 11 is 5.42. The van der Waals surface area contributed by atoms with Gasteiger partial charge >= 0.3 is 0 Å². The number of nitrogens with one attached hydrogen (secondary N) is 1. The number of hydrogen-bond donors (Lipinski definition) is 1. The second-order valence-corrected chi connectivity index (χ2v) is 3.24. The molecule has 1 amide bonds. The zero-order valence-electron chi connectivity index (χ0n) is 9.13. The van der Waals surface area contributed by atoms with Crippen LogP contribution in [0.1, 0.15) is 12.5 Å². The molecule has 3 nitrogen and oxygen atoms in total. The van der Waals surface area contributed by atoms with Crippen LogP contribution in [-0.4, -0.2) is 18.9 Å². The molecule has 0 aliphatic heterocycles. The predicted octanol–water partition coefficient (Wildman–Crippen LogP) is 2.24. The van der Waals surface area contributed by atoms with Gasteiger partial charge in [-0.2, -0.15) is 0 Å². The first kappa shape index (κ1) is 12.4. The summed E-state index contributed by atoms with van der Waals surface area (Å²) in [5.41, 5.74) is 1.35. The van der Waals surface area contributed by atoms with Gasteiger partial charge in [0.2, 0.25) is 5.91 Å². The summed E-state index contributed by atoms with van der Waals surface area (Å²) < 4.78 is 5.08. The van der Waals surface area contributed by atoms with Crippen molar-refractivity contribution in [2.75, 3.05) is 18.3 Å². The van der Waals surface area contributed by atoms with E-state index < -0.39 is 0 Å². The number of anilines is 1. The van der Waals surface area contributed by atoms with Crippen LogP contribution in [-0.2, 0) is 4.79 Å². The van der Waals surface area contributed by atoms with Crippen LogP contribution in [0.4, 0.5) is 5.69 Å². The van der Waals surface area contributed by atoms with E-state index in [0.29, 0.717) is 17.0 Å². The maximum Gasteiger partial charge on any atom is 0.239 e. The van der Waals surface area contributed by atoms with Crippen LogP contribution < -0.4 is 10.1 Å². The third kappa shape index (κ3) is 3.18. The first-order valence-electron chi connectivity index (χ1n) is 4.68. The third-order valence-corrected chi connectivity index (χ3v) is 2.12. The van der Waals surface area contributed by atoms with Crippen LogP contribution in [0.5, 0.6) is 5.75 Å². The van der Waals surface area contributed by atoms with Gasteiger partial charge in [0.1, 0.15) is 11.6 Å². The smallest absolute Gasteiger partial charge is 0.239 e. The van der Waals surface area contributed by atoms with Gasteiger partial charge in [0.15, 0.2) is 0 Å². The summed E-state index contributed by atoms with van der Waals surface area (Å²) in [5, 5.41) is 2.67. The fourth-order valence-corrected chi connectivity index (χ4v) is 1.25. The number of carbonyl (C=O) groups is 1. The molecule has 0 aliphatic rings. The summed E-state index contributed by atoms with van der Waals surface area (Å²) in [5.74, 6) is 6.03. The molecule has 0 bridgehead atoms. The minimum Gasteiger partial charge on any atom is -0.497 e. The molecule has 0 unspecified atom stereocenters. The number of amides is 1. The number of ether oxygens (including phenoxy) is 1. The molecular weight excluding hydrogens is 226 g/mol. The van der Waals surface area contributed by atoms with Crippen molar-refractivity contribution in [2.24, 2.45) is 0 Å². The molecule has 0 aromatic heterocycles. The summed E-state index contributed by atoms with van der Waals surface area (Å²) in [6.07, 6.45) is 0. The van der Waals surface area contributed by atoms with Crippen molar-refractivity contribution in [1.29, 1.82) is 0 Å². The molecule has 1 aromatic carbocycles. The molecule has 0 saturated heterocycles. The van der Waals surface area contributed by atoms with E-state index in [1.807, 2.05) is 0 Å². The van der Waals surface area contributed by atoms with Crippen molar-refractivity contribution >= 4 is 23.2 Å². The van der Waals surface area contributed by atoms with E-state index >= 15 is 0 Å². The van der Waals surface area contributed by atoms with E-state index in [1.165, 1.54) is 0 Å². The van der Waals surface area contributed by atoms with Gasteiger partial charge < -0.3 is 10.1 Å². The zero-order chi connectivity index (χ0) is 12.0. The Labute approximate surface area is 99.7 Å². The predicted molar refractivity (Wildman–Crippen MR) is 64.9 cm³/mol. The van der Waals surface area contributed by atoms with E-state index in [0.717, 1.165) is 0 Å². The Hall–Kier alpha value is -1.66. The summed E-state index contributed by atoms with van der Waals surface area (Å²) in [6, 6.07) is 5.26. The zero-order valence-corrected chi connectivity index (χ0v) is 9.89. The van der Waals surface area contributed by atoms with E-state index in [4.69, 9.17) is 16.3 Å². The standard InChI is InChI=1S/C12H12ClNO2/c1-3-4-9-7-10(16-2)5-6-11(9)14-12(15)8-13/h5-7H,8H2,1-2H3,(H,14,15). The fraction of sp³-hybridized carbons (Fsp3) is 0.250. The SMILES string of the molecule is CC#Cc1cc(OC)ccc1NC(=O)CCl. The molecule has 0 saturated carbocycles. The van der Waals surface area contributed by atoms with Crippen molar-refractivity contribution in [2.45, 2.75) is 6.92 Å². The van der Waals surface area contributed by atoms with Gasteiger partial charge in [0.25, 0.3) is 0 Å². The van der Waals surface area contributed by atoms with Crippen LogP contribution in [0.3, 0.4) is 0 Å². The van der Waals surface area contributed by atoms with Crippen LogP contribution in [0.15, 0.2) is 18.2 Å². The average Bonchev–Trinajstić information content (AvgIpc) is 2.31. The quantitative estimate of drug-likeness (QED) is 0.647. The summed E-state index contributed by atoms with van der Waals surface area (Å²) in [6.45, 7) is 1.73. The Morgan fingerprint density at radius 3 is 2.88 bits per heavy atom. The molecule has 1 N–H and O–H groups in total. The van der Waals surface area contributed by atoms with Gasteiger partial charge in [-0.1, -0.05) is 5.92 Å². The normalized spacial score (nSPS) is 8.94. The maximum atomic E-state index is 11.2. The molecule has 1 aromatic rings. The number of carbonyl (C=O) groups excluding carboxylic acids is 1. The van der Waals surface area contributed by atoms with Gasteiger partial charge in [0, 0.05) is 0 Å². The molecule has 0 spiro atoms. The first-order chi connectivity index (χ1) is 7.71. The molecule has 0 aliphatic carbocycles. The Morgan fingerprint density at radius 1 is 1.56 bits per heavy atom. The van der Waals surface area contributed by atoms with E-state index in [1.54, 1.807) is 32.2 Å². The highest BCUT2D eigenvalue weighted by molar-refractivity contribution is 6.29. The monoisotopic (exact) mass is 237 g/mol. The highest BCUT2D eigenvalue weighted by Crippen LogP contribution is 2.21. The number of benzene rings is 1. The minimum atomic E-state index is -0.258. The number of rotatable bonds is 3. The van der Waals surface area contributed by atoms with Crippen molar-refractivity contribution in [3.05, 3.63) is 23.8 Å². The van der Waals surface area contributed by atoms with Crippen molar-refractivity contribution in [3.8, 4) is 17.6 Å². The second kappa shape index (κ2) is 6.04. The maximum absolute atomic E-state index is 11.2.